The van der Waals surface area contributed by atoms with Crippen LogP contribution in [0, 0.1) is 4.64 Å². The number of amides is 1. The van der Waals surface area contributed by atoms with Crippen molar-refractivity contribution in [2.45, 2.75) is 11.8 Å². The van der Waals surface area contributed by atoms with Crippen LogP contribution < -0.4 is 4.90 Å². The summed E-state index contributed by atoms with van der Waals surface area (Å²) in [5.41, 5.74) is 1.25. The molecule has 1 saturated heterocycles. The molecular formula is C9H8ClN5OS. The van der Waals surface area contributed by atoms with Gasteiger partial charge in [0.2, 0.25) is 11.9 Å². The highest BCUT2D eigenvalue weighted by atomic mass is 35.5. The van der Waals surface area contributed by atoms with Crippen LogP contribution in [0.1, 0.15) is 6.42 Å². The van der Waals surface area contributed by atoms with E-state index in [1.807, 2.05) is 0 Å². The lowest BCUT2D eigenvalue weighted by atomic mass is 10.4. The monoisotopic (exact) mass is 269 g/mol. The van der Waals surface area contributed by atoms with Crippen molar-refractivity contribution in [2.75, 3.05) is 11.4 Å². The van der Waals surface area contributed by atoms with Crippen molar-refractivity contribution >= 4 is 46.8 Å². The number of carbonyl (C=O) groups excluding carboxylic acids is 1. The van der Waals surface area contributed by atoms with E-state index >= 15 is 0 Å². The van der Waals surface area contributed by atoms with Crippen molar-refractivity contribution in [3.8, 4) is 0 Å². The van der Waals surface area contributed by atoms with Gasteiger partial charge >= 0.3 is 0 Å². The van der Waals surface area contributed by atoms with Crippen LogP contribution in [0.15, 0.2) is 6.33 Å². The Morgan fingerprint density at radius 3 is 3.12 bits per heavy atom. The van der Waals surface area contributed by atoms with Gasteiger partial charge in [0.1, 0.15) is 5.52 Å². The quantitative estimate of drug-likeness (QED) is 0.605. The summed E-state index contributed by atoms with van der Waals surface area (Å²) in [7, 11) is 0. The predicted octanol–water partition coefficient (Wildman–Crippen LogP) is 1.36. The van der Waals surface area contributed by atoms with Gasteiger partial charge in [-0.3, -0.25) is 9.69 Å². The number of anilines is 1. The zero-order chi connectivity index (χ0) is 12.0. The van der Waals surface area contributed by atoms with Crippen LogP contribution in [0.4, 0.5) is 5.95 Å². The Bertz CT molecular complexity index is 650. The van der Waals surface area contributed by atoms with Crippen LogP contribution in [0.5, 0.6) is 0 Å². The predicted molar refractivity (Wildman–Crippen MR) is 65.7 cm³/mol. The van der Waals surface area contributed by atoms with Gasteiger partial charge in [0.25, 0.3) is 0 Å². The zero-order valence-electron chi connectivity index (χ0n) is 8.61. The molecule has 1 atom stereocenters. The molecule has 3 heterocycles. The van der Waals surface area contributed by atoms with Gasteiger partial charge in [0, 0.05) is 13.0 Å². The first-order valence-corrected chi connectivity index (χ1v) is 5.87. The van der Waals surface area contributed by atoms with Crippen molar-refractivity contribution in [1.29, 1.82) is 0 Å². The van der Waals surface area contributed by atoms with Crippen LogP contribution in [0.3, 0.4) is 0 Å². The number of alkyl halides is 1. The number of aromatic amines is 2. The molecular weight excluding hydrogens is 262 g/mol. The van der Waals surface area contributed by atoms with Crippen molar-refractivity contribution in [1.82, 2.24) is 19.9 Å². The Balaban J connectivity index is 2.12. The van der Waals surface area contributed by atoms with E-state index in [0.29, 0.717) is 34.7 Å². The molecule has 0 aromatic carbocycles. The number of nitrogens with one attached hydrogen (secondary N) is 2. The normalized spacial score (nSPS) is 20.4. The fourth-order valence-corrected chi connectivity index (χ4v) is 2.35. The van der Waals surface area contributed by atoms with Crippen LogP contribution in [0.25, 0.3) is 11.2 Å². The average molecular weight is 270 g/mol. The van der Waals surface area contributed by atoms with Gasteiger partial charge in [-0.05, 0) is 0 Å². The third-order valence-electron chi connectivity index (χ3n) is 2.62. The maximum Gasteiger partial charge on any atom is 0.230 e. The van der Waals surface area contributed by atoms with Gasteiger partial charge in [-0.1, -0.05) is 12.2 Å². The molecule has 1 aliphatic rings. The van der Waals surface area contributed by atoms with E-state index in [1.165, 1.54) is 11.2 Å². The van der Waals surface area contributed by atoms with Crippen LogP contribution in [-0.4, -0.2) is 37.8 Å². The maximum absolute atomic E-state index is 11.7. The lowest BCUT2D eigenvalue weighted by Gasteiger charge is -2.13. The molecule has 1 aliphatic heterocycles. The Hall–Kier alpha value is -1.47. The Kier molecular flexibility index (Phi) is 2.37. The molecule has 2 N–H and O–H groups in total. The van der Waals surface area contributed by atoms with Gasteiger partial charge < -0.3 is 9.97 Å². The smallest absolute Gasteiger partial charge is 0.230 e. The summed E-state index contributed by atoms with van der Waals surface area (Å²) >= 11 is 11.1. The average Bonchev–Trinajstić information content (AvgIpc) is 2.84. The number of nitrogens with zero attached hydrogens (tertiary/aromatic N) is 3. The third kappa shape index (κ3) is 1.71. The van der Waals surface area contributed by atoms with Gasteiger partial charge in [-0.25, -0.2) is 9.97 Å². The minimum absolute atomic E-state index is 0.0574. The fraction of sp³-hybridized carbons (Fsp3) is 0.333. The van der Waals surface area contributed by atoms with Gasteiger partial charge in [-0.15, -0.1) is 11.6 Å². The summed E-state index contributed by atoms with van der Waals surface area (Å²) in [4.78, 5) is 27.3. The summed E-state index contributed by atoms with van der Waals surface area (Å²) in [6.45, 7) is 0.439. The number of carbonyl (C=O) groups is 1. The summed E-state index contributed by atoms with van der Waals surface area (Å²) < 4.78 is 0.386. The Morgan fingerprint density at radius 1 is 1.59 bits per heavy atom. The minimum atomic E-state index is -0.179. The topological polar surface area (TPSA) is 77.7 Å². The second kappa shape index (κ2) is 3.78. The van der Waals surface area contributed by atoms with E-state index in [4.69, 9.17) is 23.8 Å². The van der Waals surface area contributed by atoms with E-state index in [-0.39, 0.29) is 11.3 Å². The molecule has 0 radical (unpaired) electrons. The van der Waals surface area contributed by atoms with Crippen molar-refractivity contribution in [3.05, 3.63) is 11.0 Å². The lowest BCUT2D eigenvalue weighted by Crippen LogP contribution is -2.26. The van der Waals surface area contributed by atoms with Crippen LogP contribution >= 0.6 is 23.8 Å². The summed E-state index contributed by atoms with van der Waals surface area (Å²) in [6, 6.07) is 0. The first kappa shape index (κ1) is 10.7. The minimum Gasteiger partial charge on any atom is -0.341 e. The third-order valence-corrected chi connectivity index (χ3v) is 3.21. The molecule has 88 valence electrons. The largest absolute Gasteiger partial charge is 0.341 e. The lowest BCUT2D eigenvalue weighted by molar-refractivity contribution is -0.117. The number of rotatable bonds is 1. The highest BCUT2D eigenvalue weighted by Gasteiger charge is 2.30. The fourth-order valence-electron chi connectivity index (χ4n) is 1.83. The molecule has 0 spiro atoms. The summed E-state index contributed by atoms with van der Waals surface area (Å²) in [5.74, 6) is 0.348. The number of H-pyrrole nitrogens is 2. The SMILES string of the molecule is O=C1CC(Cl)CN1c1nc(=S)c2[nH]cnc2[nH]1. The standard InChI is InChI=1S/C9H8ClN5OS/c10-4-1-5(16)15(2-4)9-13-7-6(8(17)14-9)11-3-12-7/h3-4H,1-2H2,(H2,11,12,13,14,17). The van der Waals surface area contributed by atoms with E-state index in [2.05, 4.69) is 19.9 Å². The number of hydrogen-bond donors (Lipinski definition) is 2. The number of hydrogen-bond acceptors (Lipinski definition) is 4. The van der Waals surface area contributed by atoms with Crippen LogP contribution in [-0.2, 0) is 4.79 Å². The summed E-state index contributed by atoms with van der Waals surface area (Å²) in [5, 5.41) is -0.179. The number of aromatic nitrogens is 4. The molecule has 17 heavy (non-hydrogen) atoms. The molecule has 3 rings (SSSR count). The van der Waals surface area contributed by atoms with Crippen LogP contribution in [0.2, 0.25) is 0 Å². The molecule has 1 unspecified atom stereocenters. The number of fused-ring (bicyclic) bond motifs is 1. The highest BCUT2D eigenvalue weighted by Crippen LogP contribution is 2.22. The van der Waals surface area contributed by atoms with E-state index < -0.39 is 0 Å². The second-order valence-corrected chi connectivity index (χ2v) is 4.80. The van der Waals surface area contributed by atoms with E-state index in [1.54, 1.807) is 0 Å². The van der Waals surface area contributed by atoms with Crippen molar-refractivity contribution in [3.63, 3.8) is 0 Å². The van der Waals surface area contributed by atoms with E-state index in [9.17, 15) is 4.79 Å². The molecule has 0 bridgehead atoms. The summed E-state index contributed by atoms with van der Waals surface area (Å²) in [6.07, 6.45) is 1.85. The van der Waals surface area contributed by atoms with Gasteiger partial charge in [0.15, 0.2) is 10.3 Å². The van der Waals surface area contributed by atoms with Gasteiger partial charge in [-0.2, -0.15) is 0 Å². The first-order chi connectivity index (χ1) is 8.15. The molecule has 0 saturated carbocycles. The van der Waals surface area contributed by atoms with Crippen molar-refractivity contribution in [2.24, 2.45) is 0 Å². The number of imidazole rings is 1. The van der Waals surface area contributed by atoms with E-state index in [0.717, 1.165) is 0 Å². The molecule has 1 fully saturated rings. The first-order valence-electron chi connectivity index (χ1n) is 5.03. The maximum atomic E-state index is 11.7. The second-order valence-electron chi connectivity index (χ2n) is 3.80. The molecule has 2 aromatic heterocycles. The number of halogens is 1. The van der Waals surface area contributed by atoms with Gasteiger partial charge in [0.05, 0.1) is 11.7 Å². The zero-order valence-corrected chi connectivity index (χ0v) is 10.2. The molecule has 2 aromatic rings. The molecule has 1 amide bonds. The molecule has 6 nitrogen and oxygen atoms in total. The van der Waals surface area contributed by atoms with Crippen molar-refractivity contribution < 1.29 is 4.79 Å². The Morgan fingerprint density at radius 2 is 2.41 bits per heavy atom. The molecule has 8 heteroatoms. The Labute approximate surface area is 106 Å². The highest BCUT2D eigenvalue weighted by molar-refractivity contribution is 7.71. The molecule has 0 aliphatic carbocycles.